The van der Waals surface area contributed by atoms with Crippen molar-refractivity contribution in [1.82, 2.24) is 4.57 Å². The molecular weight excluding hydrogens is 233 g/mol. The number of benzene rings is 1. The summed E-state index contributed by atoms with van der Waals surface area (Å²) in [7, 11) is 1.65. The maximum Gasteiger partial charge on any atom is 0.192 e. The Morgan fingerprint density at radius 2 is 2.17 bits per heavy atom. The summed E-state index contributed by atoms with van der Waals surface area (Å²) < 4.78 is 20.2. The molecule has 0 saturated heterocycles. The van der Waals surface area contributed by atoms with Gasteiger partial charge in [0, 0.05) is 37.4 Å². The number of hydrogen-bond donors (Lipinski definition) is 0. The molecule has 1 aromatic carbocycles. The second-order valence-electron chi connectivity index (χ2n) is 4.34. The molecule has 2 rings (SSSR count). The van der Waals surface area contributed by atoms with Gasteiger partial charge in [-0.25, -0.2) is 4.39 Å². The normalized spacial score (nSPS) is 11.1. The molecule has 0 atom stereocenters. The van der Waals surface area contributed by atoms with E-state index in [0.717, 1.165) is 6.42 Å². The topological polar surface area (TPSA) is 31.2 Å². The molecule has 0 bridgehead atoms. The van der Waals surface area contributed by atoms with Crippen LogP contribution in [0.3, 0.4) is 0 Å². The Morgan fingerprint density at radius 1 is 1.39 bits per heavy atom. The lowest BCUT2D eigenvalue weighted by molar-refractivity contribution is 0.190. The molecule has 18 heavy (non-hydrogen) atoms. The van der Waals surface area contributed by atoms with E-state index < -0.39 is 0 Å². The lowest BCUT2D eigenvalue weighted by Crippen LogP contribution is -2.13. The van der Waals surface area contributed by atoms with Gasteiger partial charge in [0.25, 0.3) is 0 Å². The number of halogens is 1. The predicted molar refractivity (Wildman–Crippen MR) is 69.4 cm³/mol. The van der Waals surface area contributed by atoms with Crippen LogP contribution in [0.4, 0.5) is 4.39 Å². The van der Waals surface area contributed by atoms with Gasteiger partial charge in [0.15, 0.2) is 5.43 Å². The highest BCUT2D eigenvalue weighted by atomic mass is 19.1. The van der Waals surface area contributed by atoms with E-state index in [0.29, 0.717) is 29.6 Å². The van der Waals surface area contributed by atoms with Crippen LogP contribution in [0.25, 0.3) is 10.9 Å². The van der Waals surface area contributed by atoms with Crippen LogP contribution in [0.2, 0.25) is 0 Å². The lowest BCUT2D eigenvalue weighted by atomic mass is 10.1. The van der Waals surface area contributed by atoms with Crippen LogP contribution in [0.1, 0.15) is 12.0 Å². The molecule has 1 heterocycles. The Balaban J connectivity index is 2.54. The van der Waals surface area contributed by atoms with Crippen LogP contribution < -0.4 is 5.43 Å². The predicted octanol–water partition coefficient (Wildman–Crippen LogP) is 2.49. The minimum atomic E-state index is -0.328. The Morgan fingerprint density at radius 3 is 2.89 bits per heavy atom. The van der Waals surface area contributed by atoms with Gasteiger partial charge in [-0.3, -0.25) is 4.79 Å². The van der Waals surface area contributed by atoms with Crippen LogP contribution in [0, 0.1) is 12.7 Å². The maximum atomic E-state index is 13.3. The summed E-state index contributed by atoms with van der Waals surface area (Å²) in [6.45, 7) is 3.12. The van der Waals surface area contributed by atoms with E-state index in [1.165, 1.54) is 12.1 Å². The quantitative estimate of drug-likeness (QED) is 0.779. The molecule has 0 aliphatic carbocycles. The average Bonchev–Trinajstić information content (AvgIpc) is 2.35. The third kappa shape index (κ3) is 2.43. The molecule has 3 nitrogen and oxygen atoms in total. The molecule has 0 fully saturated rings. The smallest absolute Gasteiger partial charge is 0.192 e. The monoisotopic (exact) mass is 249 g/mol. The fourth-order valence-electron chi connectivity index (χ4n) is 2.07. The summed E-state index contributed by atoms with van der Waals surface area (Å²) in [5.41, 5.74) is 1.28. The van der Waals surface area contributed by atoms with Crippen molar-refractivity contribution in [3.8, 4) is 0 Å². The number of rotatable bonds is 4. The van der Waals surface area contributed by atoms with Gasteiger partial charge in [-0.15, -0.1) is 0 Å². The van der Waals surface area contributed by atoms with Crippen LogP contribution in [0.15, 0.2) is 29.2 Å². The zero-order valence-corrected chi connectivity index (χ0v) is 10.6. The number of aryl methyl sites for hydroxylation is 2. The Bertz CT molecular complexity index is 619. The van der Waals surface area contributed by atoms with E-state index >= 15 is 0 Å². The van der Waals surface area contributed by atoms with Crippen molar-refractivity contribution < 1.29 is 9.13 Å². The molecule has 2 aromatic rings. The molecule has 96 valence electrons. The van der Waals surface area contributed by atoms with E-state index in [2.05, 4.69) is 0 Å². The summed E-state index contributed by atoms with van der Waals surface area (Å²) >= 11 is 0. The van der Waals surface area contributed by atoms with Gasteiger partial charge in [0.2, 0.25) is 0 Å². The van der Waals surface area contributed by atoms with E-state index in [1.807, 2.05) is 4.57 Å². The zero-order valence-electron chi connectivity index (χ0n) is 10.6. The third-order valence-corrected chi connectivity index (χ3v) is 2.97. The number of methoxy groups -OCH3 is 1. The molecule has 0 radical (unpaired) electrons. The highest BCUT2D eigenvalue weighted by Crippen LogP contribution is 2.14. The van der Waals surface area contributed by atoms with Gasteiger partial charge in [-0.05, 0) is 31.5 Å². The van der Waals surface area contributed by atoms with Crippen molar-refractivity contribution in [2.24, 2.45) is 0 Å². The van der Waals surface area contributed by atoms with Crippen molar-refractivity contribution in [3.05, 3.63) is 46.0 Å². The first kappa shape index (κ1) is 12.8. The number of nitrogens with zero attached hydrogens (tertiary/aromatic N) is 1. The molecular formula is C14H16FNO2. The molecule has 0 N–H and O–H groups in total. The largest absolute Gasteiger partial charge is 0.385 e. The Hall–Kier alpha value is -1.68. The summed E-state index contributed by atoms with van der Waals surface area (Å²) in [5.74, 6) is -0.328. The van der Waals surface area contributed by atoms with Crippen LogP contribution in [-0.2, 0) is 11.3 Å². The minimum Gasteiger partial charge on any atom is -0.385 e. The van der Waals surface area contributed by atoms with Crippen molar-refractivity contribution in [2.75, 3.05) is 13.7 Å². The zero-order chi connectivity index (χ0) is 13.1. The standard InChI is InChI=1S/C14H16FNO2/c1-10-9-16(6-3-7-18-2)13-8-11(15)4-5-12(13)14(10)17/h4-5,8-9H,3,6-7H2,1-2H3. The van der Waals surface area contributed by atoms with Crippen molar-refractivity contribution >= 4 is 10.9 Å². The molecule has 4 heteroatoms. The third-order valence-electron chi connectivity index (χ3n) is 2.97. The molecule has 0 unspecified atom stereocenters. The van der Waals surface area contributed by atoms with Crippen LogP contribution >= 0.6 is 0 Å². The first-order valence-electron chi connectivity index (χ1n) is 5.91. The lowest BCUT2D eigenvalue weighted by Gasteiger charge is -2.12. The molecule has 0 aliphatic heterocycles. The van der Waals surface area contributed by atoms with Gasteiger partial charge in [-0.2, -0.15) is 0 Å². The Kier molecular flexibility index (Phi) is 3.77. The maximum absolute atomic E-state index is 13.3. The number of fused-ring (bicyclic) bond motifs is 1. The molecule has 0 aliphatic rings. The number of pyridine rings is 1. The van der Waals surface area contributed by atoms with E-state index in [-0.39, 0.29) is 11.2 Å². The SMILES string of the molecule is COCCCn1cc(C)c(=O)c2ccc(F)cc21. The molecule has 0 spiro atoms. The van der Waals surface area contributed by atoms with E-state index in [4.69, 9.17) is 4.74 Å². The van der Waals surface area contributed by atoms with Crippen molar-refractivity contribution in [3.63, 3.8) is 0 Å². The minimum absolute atomic E-state index is 0.0343. The second-order valence-corrected chi connectivity index (χ2v) is 4.34. The highest BCUT2D eigenvalue weighted by molar-refractivity contribution is 5.79. The second kappa shape index (κ2) is 5.31. The Labute approximate surface area is 105 Å². The molecule has 0 amide bonds. The first-order chi connectivity index (χ1) is 8.63. The van der Waals surface area contributed by atoms with Crippen LogP contribution in [-0.4, -0.2) is 18.3 Å². The number of aromatic nitrogens is 1. The highest BCUT2D eigenvalue weighted by Gasteiger charge is 2.07. The van der Waals surface area contributed by atoms with Gasteiger partial charge >= 0.3 is 0 Å². The van der Waals surface area contributed by atoms with E-state index in [9.17, 15) is 9.18 Å². The van der Waals surface area contributed by atoms with Gasteiger partial charge in [0.1, 0.15) is 5.82 Å². The van der Waals surface area contributed by atoms with E-state index in [1.54, 1.807) is 26.3 Å². The van der Waals surface area contributed by atoms with Gasteiger partial charge in [-0.1, -0.05) is 0 Å². The number of hydrogen-bond acceptors (Lipinski definition) is 2. The summed E-state index contributed by atoms with van der Waals surface area (Å²) in [5, 5.41) is 0.564. The van der Waals surface area contributed by atoms with Crippen LogP contribution in [0.5, 0.6) is 0 Å². The summed E-state index contributed by atoms with van der Waals surface area (Å²) in [6, 6.07) is 4.28. The summed E-state index contributed by atoms with van der Waals surface area (Å²) in [4.78, 5) is 12.0. The average molecular weight is 249 g/mol. The van der Waals surface area contributed by atoms with Gasteiger partial charge in [0.05, 0.1) is 5.52 Å². The van der Waals surface area contributed by atoms with Crippen molar-refractivity contribution in [1.29, 1.82) is 0 Å². The van der Waals surface area contributed by atoms with Crippen molar-refractivity contribution in [2.45, 2.75) is 19.9 Å². The number of ether oxygens (including phenoxy) is 1. The molecule has 1 aromatic heterocycles. The molecule has 0 saturated carbocycles. The fourth-order valence-corrected chi connectivity index (χ4v) is 2.07. The van der Waals surface area contributed by atoms with Gasteiger partial charge < -0.3 is 9.30 Å². The first-order valence-corrected chi connectivity index (χ1v) is 5.91. The summed E-state index contributed by atoms with van der Waals surface area (Å²) in [6.07, 6.45) is 2.60. The fraction of sp³-hybridized carbons (Fsp3) is 0.357.